The molecule has 2 unspecified atom stereocenters. The Kier molecular flexibility index (Phi) is 3.31. The van der Waals surface area contributed by atoms with Crippen LogP contribution in [0.15, 0.2) is 5.38 Å². The van der Waals surface area contributed by atoms with E-state index in [1.165, 1.54) is 6.26 Å². The highest BCUT2D eigenvalue weighted by atomic mass is 32.2. The summed E-state index contributed by atoms with van der Waals surface area (Å²) in [4.78, 5) is 4.49. The Balaban J connectivity index is 2.50. The fraction of sp³-hybridized carbons (Fsp3) is 0.727. The van der Waals surface area contributed by atoms with E-state index >= 15 is 0 Å². The number of nitrogens with zero attached hydrogens (tertiary/aromatic N) is 1. The molecule has 96 valence electrons. The average Bonchev–Trinajstić information content (AvgIpc) is 2.82. The normalized spacial score (nSPS) is 29.7. The molecule has 4 nitrogen and oxygen atoms in total. The first-order chi connectivity index (χ1) is 7.90. The van der Waals surface area contributed by atoms with Gasteiger partial charge in [-0.3, -0.25) is 0 Å². The zero-order chi connectivity index (χ0) is 12.7. The van der Waals surface area contributed by atoms with Crippen LogP contribution in [-0.4, -0.2) is 32.0 Å². The van der Waals surface area contributed by atoms with Gasteiger partial charge in [0.2, 0.25) is 0 Å². The molecule has 0 bridgehead atoms. The molecule has 1 aromatic rings. The lowest BCUT2D eigenvalue weighted by Crippen LogP contribution is -2.49. The topological polar surface area (TPSA) is 59.1 Å². The van der Waals surface area contributed by atoms with E-state index in [1.807, 2.05) is 19.4 Å². The number of hydrogen-bond donors (Lipinski definition) is 1. The SMILES string of the molecule is CNC1(c2nc(C)cs2)CCCC1S(C)(=O)=O. The molecule has 1 aliphatic rings. The Morgan fingerprint density at radius 1 is 1.59 bits per heavy atom. The molecule has 0 saturated heterocycles. The quantitative estimate of drug-likeness (QED) is 0.906. The van der Waals surface area contributed by atoms with Crippen LogP contribution in [-0.2, 0) is 15.4 Å². The van der Waals surface area contributed by atoms with Gasteiger partial charge in [0, 0.05) is 17.3 Å². The van der Waals surface area contributed by atoms with Crippen LogP contribution in [0.25, 0.3) is 0 Å². The van der Waals surface area contributed by atoms with Crippen LogP contribution >= 0.6 is 11.3 Å². The van der Waals surface area contributed by atoms with Crippen molar-refractivity contribution in [2.24, 2.45) is 0 Å². The summed E-state index contributed by atoms with van der Waals surface area (Å²) < 4.78 is 23.9. The van der Waals surface area contributed by atoms with Crippen molar-refractivity contribution >= 4 is 21.2 Å². The van der Waals surface area contributed by atoms with Gasteiger partial charge in [0.1, 0.15) is 5.01 Å². The predicted octanol–water partition coefficient (Wildman–Crippen LogP) is 1.46. The largest absolute Gasteiger partial charge is 0.307 e. The molecular weight excluding hydrogens is 256 g/mol. The Bertz CT molecular complexity index is 509. The van der Waals surface area contributed by atoms with Crippen LogP contribution in [0.4, 0.5) is 0 Å². The van der Waals surface area contributed by atoms with E-state index in [4.69, 9.17) is 0 Å². The minimum atomic E-state index is -3.06. The maximum Gasteiger partial charge on any atom is 0.152 e. The van der Waals surface area contributed by atoms with Gasteiger partial charge in [-0.2, -0.15) is 0 Å². The van der Waals surface area contributed by atoms with Gasteiger partial charge < -0.3 is 5.32 Å². The van der Waals surface area contributed by atoms with Crippen molar-refractivity contribution < 1.29 is 8.42 Å². The monoisotopic (exact) mass is 274 g/mol. The van der Waals surface area contributed by atoms with Gasteiger partial charge in [-0.25, -0.2) is 13.4 Å². The molecule has 1 N–H and O–H groups in total. The van der Waals surface area contributed by atoms with E-state index in [1.54, 1.807) is 11.3 Å². The highest BCUT2D eigenvalue weighted by Crippen LogP contribution is 2.43. The van der Waals surface area contributed by atoms with Crippen molar-refractivity contribution in [2.75, 3.05) is 13.3 Å². The molecule has 2 atom stereocenters. The molecular formula is C11H18N2O2S2. The number of aromatic nitrogens is 1. The van der Waals surface area contributed by atoms with Crippen LogP contribution in [0, 0.1) is 6.92 Å². The molecule has 6 heteroatoms. The standard InChI is InChI=1S/C11H18N2O2S2/c1-8-7-16-10(13-8)11(12-2)6-4-5-9(11)17(3,14)15/h7,9,12H,4-6H2,1-3H3. The number of hydrogen-bond acceptors (Lipinski definition) is 5. The third-order valence-electron chi connectivity index (χ3n) is 3.55. The second-order valence-electron chi connectivity index (χ2n) is 4.73. The highest BCUT2D eigenvalue weighted by Gasteiger charge is 2.50. The second-order valence-corrected chi connectivity index (χ2v) is 7.81. The summed E-state index contributed by atoms with van der Waals surface area (Å²) in [6, 6.07) is 0. The molecule has 1 fully saturated rings. The molecule has 0 amide bonds. The molecule has 1 aromatic heterocycles. The predicted molar refractivity (Wildman–Crippen MR) is 70.1 cm³/mol. The van der Waals surface area contributed by atoms with Crippen molar-refractivity contribution in [2.45, 2.75) is 37.0 Å². The summed E-state index contributed by atoms with van der Waals surface area (Å²) in [5.41, 5.74) is 0.478. The lowest BCUT2D eigenvalue weighted by molar-refractivity contribution is 0.369. The van der Waals surface area contributed by atoms with Crippen molar-refractivity contribution in [3.05, 3.63) is 16.1 Å². The number of nitrogens with one attached hydrogen (secondary N) is 1. The minimum Gasteiger partial charge on any atom is -0.307 e. The van der Waals surface area contributed by atoms with Crippen LogP contribution in [0.3, 0.4) is 0 Å². The molecule has 1 saturated carbocycles. The maximum atomic E-state index is 11.9. The lowest BCUT2D eigenvalue weighted by atomic mass is 9.98. The molecule has 0 aliphatic heterocycles. The van der Waals surface area contributed by atoms with Gasteiger partial charge in [0.25, 0.3) is 0 Å². The van der Waals surface area contributed by atoms with Crippen molar-refractivity contribution in [1.82, 2.24) is 10.3 Å². The average molecular weight is 274 g/mol. The summed E-state index contributed by atoms with van der Waals surface area (Å²) >= 11 is 1.55. The molecule has 1 aliphatic carbocycles. The summed E-state index contributed by atoms with van der Waals surface area (Å²) in [5.74, 6) is 0. The summed E-state index contributed by atoms with van der Waals surface area (Å²) in [6.45, 7) is 1.94. The van der Waals surface area contributed by atoms with Gasteiger partial charge in [0.15, 0.2) is 9.84 Å². The van der Waals surface area contributed by atoms with E-state index in [0.29, 0.717) is 0 Å². The van der Waals surface area contributed by atoms with Gasteiger partial charge >= 0.3 is 0 Å². The third kappa shape index (κ3) is 2.13. The number of rotatable bonds is 3. The van der Waals surface area contributed by atoms with Gasteiger partial charge in [-0.1, -0.05) is 0 Å². The molecule has 17 heavy (non-hydrogen) atoms. The van der Waals surface area contributed by atoms with Crippen LogP contribution in [0.5, 0.6) is 0 Å². The second kappa shape index (κ2) is 4.33. The van der Waals surface area contributed by atoms with Crippen molar-refractivity contribution in [1.29, 1.82) is 0 Å². The molecule has 0 spiro atoms. The number of aryl methyl sites for hydroxylation is 1. The summed E-state index contributed by atoms with van der Waals surface area (Å²) in [6.07, 6.45) is 3.82. The van der Waals surface area contributed by atoms with Crippen molar-refractivity contribution in [3.63, 3.8) is 0 Å². The molecule has 0 radical (unpaired) electrons. The first kappa shape index (κ1) is 13.0. The molecule has 1 heterocycles. The molecule has 2 rings (SSSR count). The third-order valence-corrected chi connectivity index (χ3v) is 6.36. The minimum absolute atomic E-state index is 0.356. The zero-order valence-corrected chi connectivity index (χ0v) is 12.0. The smallest absolute Gasteiger partial charge is 0.152 e. The maximum absolute atomic E-state index is 11.9. The first-order valence-corrected chi connectivity index (χ1v) is 8.54. The molecule has 0 aromatic carbocycles. The Hall–Kier alpha value is -0.460. The van der Waals surface area contributed by atoms with Gasteiger partial charge in [0.05, 0.1) is 10.8 Å². The lowest BCUT2D eigenvalue weighted by Gasteiger charge is -2.32. The number of sulfone groups is 1. The van der Waals surface area contributed by atoms with Gasteiger partial charge in [-0.15, -0.1) is 11.3 Å². The Morgan fingerprint density at radius 2 is 2.29 bits per heavy atom. The van der Waals surface area contributed by atoms with E-state index in [2.05, 4.69) is 10.3 Å². The zero-order valence-electron chi connectivity index (χ0n) is 10.4. The van der Waals surface area contributed by atoms with E-state index in [-0.39, 0.29) is 5.25 Å². The fourth-order valence-corrected chi connectivity index (χ4v) is 5.59. The fourth-order valence-electron chi connectivity index (χ4n) is 2.75. The summed E-state index contributed by atoms with van der Waals surface area (Å²) in [7, 11) is -1.22. The van der Waals surface area contributed by atoms with E-state index in [9.17, 15) is 8.42 Å². The first-order valence-electron chi connectivity index (χ1n) is 5.70. The Morgan fingerprint density at radius 3 is 2.76 bits per heavy atom. The highest BCUT2D eigenvalue weighted by molar-refractivity contribution is 7.91. The van der Waals surface area contributed by atoms with Crippen LogP contribution in [0.2, 0.25) is 0 Å². The Labute approximate surface area is 106 Å². The van der Waals surface area contributed by atoms with E-state index in [0.717, 1.165) is 30.0 Å². The van der Waals surface area contributed by atoms with Crippen LogP contribution in [0.1, 0.15) is 30.0 Å². The summed E-state index contributed by atoms with van der Waals surface area (Å²) in [5, 5.41) is 5.76. The van der Waals surface area contributed by atoms with Crippen molar-refractivity contribution in [3.8, 4) is 0 Å². The van der Waals surface area contributed by atoms with Crippen LogP contribution < -0.4 is 5.32 Å². The number of thiazole rings is 1. The van der Waals surface area contributed by atoms with E-state index < -0.39 is 15.4 Å². The van der Waals surface area contributed by atoms with Gasteiger partial charge in [-0.05, 0) is 33.2 Å².